The first-order chi connectivity index (χ1) is 14.4. The van der Waals surface area contributed by atoms with Crippen molar-refractivity contribution >= 4 is 23.4 Å². The number of nitrogens with one attached hydrogen (secondary N) is 1. The Morgan fingerprint density at radius 2 is 1.93 bits per heavy atom. The molecule has 158 valence electrons. The van der Waals surface area contributed by atoms with E-state index in [4.69, 9.17) is 0 Å². The first-order valence-corrected chi connectivity index (χ1v) is 11.2. The van der Waals surface area contributed by atoms with Gasteiger partial charge in [0, 0.05) is 25.2 Å². The van der Waals surface area contributed by atoms with Gasteiger partial charge in [-0.05, 0) is 96.0 Å². The van der Waals surface area contributed by atoms with E-state index in [2.05, 4.69) is 20.8 Å². The number of carbonyl (C=O) groups excluding carboxylic acids is 1. The number of hydrogen-bond acceptors (Lipinski definition) is 7. The maximum atomic E-state index is 12.8. The number of tetrazole rings is 1. The van der Waals surface area contributed by atoms with Crippen LogP contribution in [0.15, 0.2) is 28.3 Å². The van der Waals surface area contributed by atoms with Crippen molar-refractivity contribution in [3.8, 4) is 0 Å². The van der Waals surface area contributed by atoms with E-state index in [1.54, 1.807) is 19.2 Å². The van der Waals surface area contributed by atoms with Crippen molar-refractivity contribution in [3.05, 3.63) is 33.9 Å². The molecule has 0 aliphatic heterocycles. The number of amides is 1. The standard InChI is InChI=1S/C20H24N6O3S/c1-25-19(22-23-24-25)30-17-3-2-15(7-16(17)26(28)29)18(27)21-11-20-8-12-4-13(9-20)6-14(5-12)10-20/h2-3,7,12-14H,4-6,8-11H2,1H3,(H,21,27). The monoisotopic (exact) mass is 428 g/mol. The van der Waals surface area contributed by atoms with Crippen LogP contribution in [0.5, 0.6) is 0 Å². The molecule has 0 unspecified atom stereocenters. The van der Waals surface area contributed by atoms with Gasteiger partial charge in [-0.3, -0.25) is 14.9 Å². The van der Waals surface area contributed by atoms with Crippen LogP contribution < -0.4 is 5.32 Å². The number of benzene rings is 1. The molecule has 4 aliphatic rings. The number of nitrogens with zero attached hydrogens (tertiary/aromatic N) is 5. The third kappa shape index (κ3) is 3.57. The molecule has 1 aromatic carbocycles. The molecule has 1 N–H and O–H groups in total. The van der Waals surface area contributed by atoms with E-state index in [9.17, 15) is 14.9 Å². The molecule has 1 aromatic heterocycles. The minimum Gasteiger partial charge on any atom is -0.351 e. The van der Waals surface area contributed by atoms with Gasteiger partial charge in [0.15, 0.2) is 0 Å². The van der Waals surface area contributed by atoms with Crippen molar-refractivity contribution in [1.82, 2.24) is 25.5 Å². The Balaban J connectivity index is 1.30. The van der Waals surface area contributed by atoms with E-state index < -0.39 is 4.92 Å². The Hall–Kier alpha value is -2.49. The van der Waals surface area contributed by atoms with Gasteiger partial charge in [0.25, 0.3) is 11.6 Å². The third-order valence-corrected chi connectivity index (χ3v) is 8.08. The zero-order valence-corrected chi connectivity index (χ0v) is 17.6. The lowest BCUT2D eigenvalue weighted by atomic mass is 9.49. The number of nitro groups is 1. The van der Waals surface area contributed by atoms with E-state index in [-0.39, 0.29) is 17.0 Å². The normalized spacial score (nSPS) is 29.2. The number of aromatic nitrogens is 4. The van der Waals surface area contributed by atoms with Gasteiger partial charge in [0.05, 0.1) is 9.82 Å². The van der Waals surface area contributed by atoms with Gasteiger partial charge in [-0.15, -0.1) is 5.10 Å². The largest absolute Gasteiger partial charge is 0.351 e. The molecule has 0 saturated heterocycles. The Kier molecular flexibility index (Phi) is 4.76. The SMILES string of the molecule is Cn1nnnc1Sc1ccc(C(=O)NCC23CC4CC(CC(C4)C2)C3)cc1[N+](=O)[O-]. The molecule has 0 atom stereocenters. The number of rotatable bonds is 6. The zero-order chi connectivity index (χ0) is 20.9. The highest BCUT2D eigenvalue weighted by Gasteiger charge is 2.50. The summed E-state index contributed by atoms with van der Waals surface area (Å²) in [6, 6.07) is 4.58. The first-order valence-electron chi connectivity index (χ1n) is 10.4. The van der Waals surface area contributed by atoms with Crippen LogP contribution in [0, 0.1) is 33.3 Å². The molecule has 1 amide bonds. The van der Waals surface area contributed by atoms with Gasteiger partial charge in [0.1, 0.15) is 0 Å². The predicted octanol–water partition coefficient (Wildman–Crippen LogP) is 3.22. The molecule has 2 aromatic rings. The van der Waals surface area contributed by atoms with Gasteiger partial charge in [0.2, 0.25) is 5.16 Å². The lowest BCUT2D eigenvalue weighted by Gasteiger charge is -2.56. The number of nitro benzene ring substituents is 1. The number of aryl methyl sites for hydroxylation is 1. The van der Waals surface area contributed by atoms with Gasteiger partial charge in [-0.2, -0.15) is 0 Å². The summed E-state index contributed by atoms with van der Waals surface area (Å²) in [5, 5.41) is 26.3. The van der Waals surface area contributed by atoms with Gasteiger partial charge < -0.3 is 5.32 Å². The number of carbonyl (C=O) groups is 1. The van der Waals surface area contributed by atoms with Crippen molar-refractivity contribution < 1.29 is 9.72 Å². The fourth-order valence-electron chi connectivity index (χ4n) is 6.17. The van der Waals surface area contributed by atoms with E-state index >= 15 is 0 Å². The van der Waals surface area contributed by atoms with Crippen molar-refractivity contribution in [2.24, 2.45) is 30.2 Å². The van der Waals surface area contributed by atoms with Crippen LogP contribution in [0.4, 0.5) is 5.69 Å². The predicted molar refractivity (Wildman–Crippen MR) is 109 cm³/mol. The van der Waals surface area contributed by atoms with Crippen LogP contribution >= 0.6 is 11.8 Å². The molecule has 4 bridgehead atoms. The first kappa shape index (κ1) is 19.5. The molecule has 6 rings (SSSR count). The van der Waals surface area contributed by atoms with E-state index in [1.165, 1.54) is 49.3 Å². The lowest BCUT2D eigenvalue weighted by molar-refractivity contribution is -0.387. The summed E-state index contributed by atoms with van der Waals surface area (Å²) in [5.74, 6) is 2.22. The Bertz CT molecular complexity index is 971. The number of hydrogen-bond donors (Lipinski definition) is 1. The Morgan fingerprint density at radius 3 is 2.50 bits per heavy atom. The summed E-state index contributed by atoms with van der Waals surface area (Å²) in [4.78, 5) is 24.3. The van der Waals surface area contributed by atoms with Crippen molar-refractivity contribution in [3.63, 3.8) is 0 Å². The highest BCUT2D eigenvalue weighted by molar-refractivity contribution is 7.99. The average Bonchev–Trinajstić information content (AvgIpc) is 3.10. The van der Waals surface area contributed by atoms with Crippen LogP contribution in [0.3, 0.4) is 0 Å². The van der Waals surface area contributed by atoms with Crippen LogP contribution in [-0.2, 0) is 7.05 Å². The summed E-state index contributed by atoms with van der Waals surface area (Å²) in [7, 11) is 1.67. The molecule has 30 heavy (non-hydrogen) atoms. The molecular formula is C20H24N6O3S. The summed E-state index contributed by atoms with van der Waals surface area (Å²) in [6.07, 6.45) is 7.71. The fraction of sp³-hybridized carbons (Fsp3) is 0.600. The molecule has 9 nitrogen and oxygen atoms in total. The molecule has 10 heteroatoms. The lowest BCUT2D eigenvalue weighted by Crippen LogP contribution is -2.51. The minimum absolute atomic E-state index is 0.120. The third-order valence-electron chi connectivity index (χ3n) is 6.99. The second-order valence-electron chi connectivity index (χ2n) is 9.23. The van der Waals surface area contributed by atoms with Crippen LogP contribution in [-0.4, -0.2) is 37.6 Å². The smallest absolute Gasteiger partial charge is 0.284 e. The topological polar surface area (TPSA) is 116 Å². The van der Waals surface area contributed by atoms with Crippen molar-refractivity contribution in [2.75, 3.05) is 6.54 Å². The molecular weight excluding hydrogens is 404 g/mol. The molecule has 4 saturated carbocycles. The van der Waals surface area contributed by atoms with Gasteiger partial charge >= 0.3 is 0 Å². The Labute approximate surface area is 178 Å². The van der Waals surface area contributed by atoms with Crippen LogP contribution in [0.2, 0.25) is 0 Å². The summed E-state index contributed by atoms with van der Waals surface area (Å²) in [6.45, 7) is 0.671. The second kappa shape index (κ2) is 7.33. The van der Waals surface area contributed by atoms with E-state index in [0.29, 0.717) is 22.2 Å². The quantitative estimate of drug-likeness (QED) is 0.555. The Morgan fingerprint density at radius 1 is 1.27 bits per heavy atom. The second-order valence-corrected chi connectivity index (χ2v) is 10.2. The summed E-state index contributed by atoms with van der Waals surface area (Å²) >= 11 is 1.10. The van der Waals surface area contributed by atoms with E-state index in [1.807, 2.05) is 0 Å². The zero-order valence-electron chi connectivity index (χ0n) is 16.8. The maximum Gasteiger partial charge on any atom is 0.284 e. The average molecular weight is 429 g/mol. The molecule has 1 heterocycles. The fourth-order valence-corrected chi connectivity index (χ4v) is 6.99. The molecule has 4 fully saturated rings. The van der Waals surface area contributed by atoms with Gasteiger partial charge in [-0.1, -0.05) is 0 Å². The van der Waals surface area contributed by atoms with Crippen molar-refractivity contribution in [1.29, 1.82) is 0 Å². The maximum absolute atomic E-state index is 12.8. The summed E-state index contributed by atoms with van der Waals surface area (Å²) in [5.41, 5.74) is 0.418. The highest BCUT2D eigenvalue weighted by Crippen LogP contribution is 2.59. The van der Waals surface area contributed by atoms with E-state index in [0.717, 1.165) is 29.5 Å². The summed E-state index contributed by atoms with van der Waals surface area (Å²) < 4.78 is 1.44. The van der Waals surface area contributed by atoms with Crippen LogP contribution in [0.25, 0.3) is 0 Å². The van der Waals surface area contributed by atoms with Gasteiger partial charge in [-0.25, -0.2) is 4.68 Å². The van der Waals surface area contributed by atoms with Crippen LogP contribution in [0.1, 0.15) is 48.9 Å². The molecule has 4 aliphatic carbocycles. The highest BCUT2D eigenvalue weighted by atomic mass is 32.2. The van der Waals surface area contributed by atoms with Crippen molar-refractivity contribution in [2.45, 2.75) is 48.6 Å². The molecule has 0 radical (unpaired) electrons. The molecule has 0 spiro atoms. The minimum atomic E-state index is -0.470.